The Morgan fingerprint density at radius 3 is 2.39 bits per heavy atom. The quantitative estimate of drug-likeness (QED) is 0.871. The smallest absolute Gasteiger partial charge is 0.339 e. The molecule has 148 valence electrons. The molecular weight excluding hydrogens is 362 g/mol. The number of hydrogen-bond donors (Lipinski definition) is 1. The van der Waals surface area contributed by atoms with Gasteiger partial charge >= 0.3 is 5.97 Å². The van der Waals surface area contributed by atoms with E-state index in [0.717, 1.165) is 0 Å². The number of fused-ring (bicyclic) bond motifs is 1. The summed E-state index contributed by atoms with van der Waals surface area (Å²) in [4.78, 5) is 26.0. The zero-order valence-corrected chi connectivity index (χ0v) is 15.9. The molecule has 1 amide bonds. The van der Waals surface area contributed by atoms with Crippen molar-refractivity contribution in [3.8, 4) is 11.5 Å². The van der Waals surface area contributed by atoms with Gasteiger partial charge in [0, 0.05) is 13.1 Å². The molecule has 8 heteroatoms. The number of aromatic carboxylic acids is 1. The van der Waals surface area contributed by atoms with Crippen LogP contribution in [0.5, 0.6) is 11.5 Å². The number of carboxylic acids is 1. The van der Waals surface area contributed by atoms with Crippen LogP contribution in [0.1, 0.15) is 41.9 Å². The number of carbonyl (C=O) groups excluding carboxylic acids is 1. The van der Waals surface area contributed by atoms with Crippen molar-refractivity contribution < 1.29 is 24.2 Å². The molecule has 2 aliphatic heterocycles. The average molecular weight is 385 g/mol. The molecule has 0 spiro atoms. The van der Waals surface area contributed by atoms with Crippen LogP contribution in [0.2, 0.25) is 0 Å². The highest BCUT2D eigenvalue weighted by Gasteiger charge is 2.38. The highest BCUT2D eigenvalue weighted by Crippen LogP contribution is 2.34. The predicted octanol–water partition coefficient (Wildman–Crippen LogP) is 2.28. The van der Waals surface area contributed by atoms with Gasteiger partial charge in [0.25, 0.3) is 5.91 Å². The molecule has 0 bridgehead atoms. The first-order chi connectivity index (χ1) is 13.5. The Morgan fingerprint density at radius 1 is 1.14 bits per heavy atom. The number of amides is 1. The summed E-state index contributed by atoms with van der Waals surface area (Å²) in [5, 5.41) is 13.4. The maximum atomic E-state index is 13.0. The maximum Gasteiger partial charge on any atom is 0.339 e. The highest BCUT2D eigenvalue weighted by atomic mass is 16.6. The number of piperidine rings is 1. The number of likely N-dealkylation sites (tertiary alicyclic amines) is 1. The van der Waals surface area contributed by atoms with Gasteiger partial charge in [0.1, 0.15) is 11.7 Å². The monoisotopic (exact) mass is 385 g/mol. The van der Waals surface area contributed by atoms with Crippen LogP contribution in [0.3, 0.4) is 0 Å². The van der Waals surface area contributed by atoms with Crippen LogP contribution in [0.4, 0.5) is 0 Å². The Labute approximate surface area is 162 Å². The minimum atomic E-state index is -0.972. The maximum absolute atomic E-state index is 13.0. The summed E-state index contributed by atoms with van der Waals surface area (Å²) in [5.74, 6) is 0.187. The molecule has 0 aliphatic carbocycles. The van der Waals surface area contributed by atoms with Gasteiger partial charge in [0.2, 0.25) is 6.10 Å². The lowest BCUT2D eigenvalue weighted by Gasteiger charge is -2.37. The van der Waals surface area contributed by atoms with Gasteiger partial charge in [-0.25, -0.2) is 4.79 Å². The molecule has 3 heterocycles. The third-order valence-corrected chi connectivity index (χ3v) is 5.48. The molecule has 1 N–H and O–H groups in total. The fourth-order valence-electron chi connectivity index (χ4n) is 3.90. The van der Waals surface area contributed by atoms with E-state index >= 15 is 0 Å². The van der Waals surface area contributed by atoms with Gasteiger partial charge in [-0.15, -0.1) is 0 Å². The molecule has 4 rings (SSSR count). The van der Waals surface area contributed by atoms with Crippen molar-refractivity contribution in [3.63, 3.8) is 0 Å². The fourth-order valence-corrected chi connectivity index (χ4v) is 3.90. The molecule has 1 fully saturated rings. The van der Waals surface area contributed by atoms with Crippen molar-refractivity contribution in [2.75, 3.05) is 13.1 Å². The lowest BCUT2D eigenvalue weighted by molar-refractivity contribution is -0.145. The summed E-state index contributed by atoms with van der Waals surface area (Å²) >= 11 is 0. The number of carboxylic acid groups (broad SMARTS) is 1. The minimum absolute atomic E-state index is 0.0798. The number of nitrogens with zero attached hydrogens (tertiary/aromatic N) is 3. The average Bonchev–Trinajstić information content (AvgIpc) is 3.08. The van der Waals surface area contributed by atoms with Crippen LogP contribution in [0, 0.1) is 6.92 Å². The van der Waals surface area contributed by atoms with Gasteiger partial charge in [-0.2, -0.15) is 5.10 Å². The molecule has 2 unspecified atom stereocenters. The molecule has 28 heavy (non-hydrogen) atoms. The molecule has 2 aliphatic rings. The van der Waals surface area contributed by atoms with E-state index in [1.54, 1.807) is 22.6 Å². The van der Waals surface area contributed by atoms with E-state index in [-0.39, 0.29) is 23.6 Å². The van der Waals surface area contributed by atoms with E-state index in [9.17, 15) is 14.7 Å². The summed E-state index contributed by atoms with van der Waals surface area (Å²) < 4.78 is 13.5. The van der Waals surface area contributed by atoms with E-state index in [0.29, 0.717) is 43.1 Å². The summed E-state index contributed by atoms with van der Waals surface area (Å²) in [6.45, 7) is 4.74. The van der Waals surface area contributed by atoms with Gasteiger partial charge in [-0.05, 0) is 38.8 Å². The first-order valence-electron chi connectivity index (χ1n) is 9.44. The fraction of sp³-hybridized carbons (Fsp3) is 0.450. The predicted molar refractivity (Wildman–Crippen MR) is 99.7 cm³/mol. The molecule has 1 aromatic carbocycles. The van der Waals surface area contributed by atoms with Crippen molar-refractivity contribution in [1.82, 2.24) is 14.7 Å². The van der Waals surface area contributed by atoms with Crippen LogP contribution >= 0.6 is 0 Å². The second kappa shape index (κ2) is 7.18. The lowest BCUT2D eigenvalue weighted by atomic mass is 10.0. The number of hydrogen-bond acceptors (Lipinski definition) is 5. The number of para-hydroxylation sites is 2. The Balaban J connectivity index is 1.41. The Kier molecular flexibility index (Phi) is 4.70. The van der Waals surface area contributed by atoms with Crippen LogP contribution in [-0.4, -0.2) is 57.0 Å². The molecule has 0 radical (unpaired) electrons. The number of aromatic nitrogens is 2. The van der Waals surface area contributed by atoms with Crippen molar-refractivity contribution in [1.29, 1.82) is 0 Å². The molecule has 8 nitrogen and oxygen atoms in total. The van der Waals surface area contributed by atoms with Gasteiger partial charge in [0.05, 0.1) is 17.9 Å². The number of benzene rings is 1. The third-order valence-electron chi connectivity index (χ3n) is 5.48. The van der Waals surface area contributed by atoms with Crippen molar-refractivity contribution in [2.24, 2.45) is 0 Å². The van der Waals surface area contributed by atoms with E-state index in [1.807, 2.05) is 25.1 Å². The Bertz CT molecular complexity index is 901. The zero-order chi connectivity index (χ0) is 19.8. The zero-order valence-electron chi connectivity index (χ0n) is 15.9. The Hall–Kier alpha value is -3.03. The largest absolute Gasteiger partial charge is 0.482 e. The number of ether oxygens (including phenoxy) is 2. The molecule has 0 saturated carbocycles. The summed E-state index contributed by atoms with van der Waals surface area (Å²) in [6, 6.07) is 7.43. The number of rotatable bonds is 3. The van der Waals surface area contributed by atoms with Crippen LogP contribution < -0.4 is 9.47 Å². The molecule has 2 atom stereocenters. The van der Waals surface area contributed by atoms with E-state index in [4.69, 9.17) is 9.47 Å². The van der Waals surface area contributed by atoms with Gasteiger partial charge in [-0.3, -0.25) is 9.48 Å². The number of carbonyl (C=O) groups is 2. The van der Waals surface area contributed by atoms with Crippen LogP contribution in [0.15, 0.2) is 30.5 Å². The third kappa shape index (κ3) is 3.19. The molecule has 1 saturated heterocycles. The van der Waals surface area contributed by atoms with Crippen molar-refractivity contribution >= 4 is 11.9 Å². The second-order valence-electron chi connectivity index (χ2n) is 7.26. The van der Waals surface area contributed by atoms with E-state index < -0.39 is 12.1 Å². The summed E-state index contributed by atoms with van der Waals surface area (Å²) in [7, 11) is 0. The van der Waals surface area contributed by atoms with Crippen LogP contribution in [0.25, 0.3) is 0 Å². The standard InChI is InChI=1S/C20H23N3O5/c1-12-15(20(25)26)11-21-23(12)14-7-9-22(10-8-14)19(24)18-13(2)27-16-5-3-4-6-17(16)28-18/h3-6,11,13-14,18H,7-10H2,1-2H3,(H,25,26). The second-order valence-corrected chi connectivity index (χ2v) is 7.26. The highest BCUT2D eigenvalue weighted by molar-refractivity contribution is 5.88. The molecule has 2 aromatic rings. The Morgan fingerprint density at radius 2 is 1.79 bits per heavy atom. The van der Waals surface area contributed by atoms with E-state index in [1.165, 1.54) is 6.20 Å². The summed E-state index contributed by atoms with van der Waals surface area (Å²) in [5.41, 5.74) is 0.866. The van der Waals surface area contributed by atoms with Gasteiger partial charge < -0.3 is 19.5 Å². The normalized spacial score (nSPS) is 22.1. The first-order valence-corrected chi connectivity index (χ1v) is 9.44. The first kappa shape index (κ1) is 18.3. The lowest BCUT2D eigenvalue weighted by Crippen LogP contribution is -2.52. The van der Waals surface area contributed by atoms with E-state index in [2.05, 4.69) is 5.10 Å². The topological polar surface area (TPSA) is 93.9 Å². The molecule has 1 aromatic heterocycles. The van der Waals surface area contributed by atoms with Crippen molar-refractivity contribution in [2.45, 2.75) is 44.9 Å². The molecular formula is C20H23N3O5. The minimum Gasteiger partial charge on any atom is -0.482 e. The van der Waals surface area contributed by atoms with Crippen LogP contribution in [-0.2, 0) is 4.79 Å². The van der Waals surface area contributed by atoms with Gasteiger partial charge in [0.15, 0.2) is 11.5 Å². The van der Waals surface area contributed by atoms with Crippen molar-refractivity contribution in [3.05, 3.63) is 41.7 Å². The SMILES string of the molecule is Cc1c(C(=O)O)cnn1C1CCN(C(=O)C2Oc3ccccc3OC2C)CC1. The van der Waals surface area contributed by atoms with Gasteiger partial charge in [-0.1, -0.05) is 12.1 Å². The summed E-state index contributed by atoms with van der Waals surface area (Å²) in [6.07, 6.45) is 1.78.